The summed E-state index contributed by atoms with van der Waals surface area (Å²) in [5.74, 6) is 1.51. The molecular formula is C31H32N4O5. The number of benzene rings is 3. The second-order valence-electron chi connectivity index (χ2n) is 9.81. The number of carbonyl (C=O) groups excluding carboxylic acids is 2. The number of hydrogen-bond acceptors (Lipinski definition) is 6. The van der Waals surface area contributed by atoms with Crippen LogP contribution in [-0.4, -0.2) is 53.4 Å². The lowest BCUT2D eigenvalue weighted by molar-refractivity contribution is -0.133. The first-order valence-corrected chi connectivity index (χ1v) is 12.9. The van der Waals surface area contributed by atoms with Gasteiger partial charge in [-0.3, -0.25) is 14.3 Å². The molecule has 4 aromatic rings. The second kappa shape index (κ2) is 11.1. The molecule has 1 aromatic heterocycles. The average molecular weight is 541 g/mol. The Morgan fingerprint density at radius 3 is 2.40 bits per heavy atom. The molecule has 1 atom stereocenters. The molecule has 206 valence electrons. The van der Waals surface area contributed by atoms with Gasteiger partial charge in [-0.25, -0.2) is 0 Å². The van der Waals surface area contributed by atoms with E-state index in [1.54, 1.807) is 43.9 Å². The summed E-state index contributed by atoms with van der Waals surface area (Å²) in [5, 5.41) is 7.76. The van der Waals surface area contributed by atoms with E-state index in [1.807, 2.05) is 72.8 Å². The van der Waals surface area contributed by atoms with Crippen molar-refractivity contribution in [1.82, 2.24) is 20.0 Å². The third-order valence-electron chi connectivity index (χ3n) is 7.28. The Labute approximate surface area is 233 Å². The Bertz CT molecular complexity index is 1530. The summed E-state index contributed by atoms with van der Waals surface area (Å²) in [6.45, 7) is 2.44. The van der Waals surface area contributed by atoms with Gasteiger partial charge in [0.1, 0.15) is 28.5 Å². The highest BCUT2D eigenvalue weighted by atomic mass is 16.5. The van der Waals surface area contributed by atoms with Crippen molar-refractivity contribution in [2.24, 2.45) is 0 Å². The van der Waals surface area contributed by atoms with Crippen molar-refractivity contribution in [3.8, 4) is 28.5 Å². The number of ether oxygens (including phenoxy) is 3. The van der Waals surface area contributed by atoms with Gasteiger partial charge in [0, 0.05) is 24.2 Å². The monoisotopic (exact) mass is 540 g/mol. The third-order valence-corrected chi connectivity index (χ3v) is 7.28. The van der Waals surface area contributed by atoms with Gasteiger partial charge in [-0.05, 0) is 61.0 Å². The van der Waals surface area contributed by atoms with E-state index in [2.05, 4.69) is 5.32 Å². The Hall–Kier alpha value is -4.79. The van der Waals surface area contributed by atoms with Crippen LogP contribution >= 0.6 is 0 Å². The van der Waals surface area contributed by atoms with E-state index < -0.39 is 5.54 Å². The lowest BCUT2D eigenvalue weighted by Crippen LogP contribution is -2.63. The number of para-hydroxylation sites is 1. The summed E-state index contributed by atoms with van der Waals surface area (Å²) in [4.78, 5) is 29.5. The van der Waals surface area contributed by atoms with E-state index in [1.165, 1.54) is 0 Å². The predicted octanol–water partition coefficient (Wildman–Crippen LogP) is 4.31. The summed E-state index contributed by atoms with van der Waals surface area (Å²) in [6, 6.07) is 24.3. The number of carbonyl (C=O) groups is 2. The molecule has 0 saturated carbocycles. The minimum absolute atomic E-state index is 0.186. The van der Waals surface area contributed by atoms with Crippen LogP contribution in [0.25, 0.3) is 11.3 Å². The first kappa shape index (κ1) is 26.8. The highest BCUT2D eigenvalue weighted by molar-refractivity contribution is 6.00. The zero-order valence-corrected chi connectivity index (χ0v) is 23.0. The van der Waals surface area contributed by atoms with E-state index in [0.717, 1.165) is 22.4 Å². The Morgan fingerprint density at radius 2 is 1.68 bits per heavy atom. The fourth-order valence-electron chi connectivity index (χ4n) is 4.96. The molecule has 0 unspecified atom stereocenters. The highest BCUT2D eigenvalue weighted by Crippen LogP contribution is 2.32. The van der Waals surface area contributed by atoms with E-state index in [-0.39, 0.29) is 31.4 Å². The van der Waals surface area contributed by atoms with Crippen LogP contribution in [0.5, 0.6) is 17.2 Å². The largest absolute Gasteiger partial charge is 0.497 e. The molecule has 40 heavy (non-hydrogen) atoms. The predicted molar refractivity (Wildman–Crippen MR) is 150 cm³/mol. The molecule has 1 N–H and O–H groups in total. The molecule has 0 aliphatic carbocycles. The van der Waals surface area contributed by atoms with Crippen molar-refractivity contribution in [3.63, 3.8) is 0 Å². The molecule has 3 aromatic carbocycles. The zero-order valence-electron chi connectivity index (χ0n) is 23.0. The summed E-state index contributed by atoms with van der Waals surface area (Å²) < 4.78 is 17.7. The molecule has 0 radical (unpaired) electrons. The molecule has 0 fully saturated rings. The van der Waals surface area contributed by atoms with Gasteiger partial charge in [0.15, 0.2) is 0 Å². The number of amides is 2. The standard InChI is InChI=1S/C31H32N4O5/c1-31(30(37)32-18-23-9-5-6-11-28(23)40-4)20-35-27(17-26(33-35)22-12-14-24(38-2)15-13-22)29(36)34(31)19-21-8-7-10-25(16-21)39-3/h5-17H,18-20H2,1-4H3,(H,32,37)/t31-/m0/s1. The molecule has 0 saturated heterocycles. The van der Waals surface area contributed by atoms with Crippen LogP contribution in [0.1, 0.15) is 28.5 Å². The quantitative estimate of drug-likeness (QED) is 0.340. The average Bonchev–Trinajstić information content (AvgIpc) is 3.42. The summed E-state index contributed by atoms with van der Waals surface area (Å²) >= 11 is 0. The number of rotatable bonds is 9. The molecule has 9 nitrogen and oxygen atoms in total. The van der Waals surface area contributed by atoms with Crippen LogP contribution < -0.4 is 19.5 Å². The van der Waals surface area contributed by atoms with Crippen LogP contribution in [0, 0.1) is 0 Å². The number of methoxy groups -OCH3 is 3. The van der Waals surface area contributed by atoms with E-state index in [4.69, 9.17) is 19.3 Å². The fourth-order valence-corrected chi connectivity index (χ4v) is 4.96. The van der Waals surface area contributed by atoms with Gasteiger partial charge in [0.05, 0.1) is 33.6 Å². The van der Waals surface area contributed by atoms with Gasteiger partial charge in [-0.2, -0.15) is 5.10 Å². The number of nitrogens with zero attached hydrogens (tertiary/aromatic N) is 3. The molecule has 0 spiro atoms. The third kappa shape index (κ3) is 5.10. The van der Waals surface area contributed by atoms with Crippen molar-refractivity contribution in [2.45, 2.75) is 32.1 Å². The van der Waals surface area contributed by atoms with Gasteiger partial charge in [-0.1, -0.05) is 30.3 Å². The van der Waals surface area contributed by atoms with Gasteiger partial charge in [0.2, 0.25) is 5.91 Å². The van der Waals surface area contributed by atoms with Gasteiger partial charge >= 0.3 is 0 Å². The van der Waals surface area contributed by atoms with Crippen LogP contribution in [0.2, 0.25) is 0 Å². The van der Waals surface area contributed by atoms with E-state index in [9.17, 15) is 9.59 Å². The fraction of sp³-hybridized carbons (Fsp3) is 0.258. The van der Waals surface area contributed by atoms with Gasteiger partial charge in [0.25, 0.3) is 5.91 Å². The van der Waals surface area contributed by atoms with E-state index in [0.29, 0.717) is 22.9 Å². The van der Waals surface area contributed by atoms with Crippen molar-refractivity contribution >= 4 is 11.8 Å². The molecular weight excluding hydrogens is 508 g/mol. The van der Waals surface area contributed by atoms with E-state index >= 15 is 0 Å². The van der Waals surface area contributed by atoms with Crippen LogP contribution in [0.4, 0.5) is 0 Å². The van der Waals surface area contributed by atoms with Crippen LogP contribution in [0.3, 0.4) is 0 Å². The Morgan fingerprint density at radius 1 is 0.925 bits per heavy atom. The maximum atomic E-state index is 14.0. The zero-order chi connectivity index (χ0) is 28.3. The molecule has 0 bridgehead atoms. The summed E-state index contributed by atoms with van der Waals surface area (Å²) in [5.41, 5.74) is 2.37. The normalized spacial score (nSPS) is 16.3. The molecule has 2 amide bonds. The van der Waals surface area contributed by atoms with Crippen molar-refractivity contribution in [3.05, 3.63) is 95.7 Å². The maximum absolute atomic E-state index is 14.0. The Kier molecular flexibility index (Phi) is 7.46. The topological polar surface area (TPSA) is 94.9 Å². The second-order valence-corrected chi connectivity index (χ2v) is 9.81. The summed E-state index contributed by atoms with van der Waals surface area (Å²) in [7, 11) is 4.80. The van der Waals surface area contributed by atoms with Gasteiger partial charge < -0.3 is 24.4 Å². The van der Waals surface area contributed by atoms with Crippen molar-refractivity contribution < 1.29 is 23.8 Å². The minimum Gasteiger partial charge on any atom is -0.497 e. The SMILES string of the molecule is COc1ccc(-c2cc3n(n2)C[C@@](C)(C(=O)NCc2ccccc2OC)N(Cc2cccc(OC)c2)C3=O)cc1. The lowest BCUT2D eigenvalue weighted by Gasteiger charge is -2.43. The first-order valence-electron chi connectivity index (χ1n) is 12.9. The number of aromatic nitrogens is 2. The molecule has 1 aliphatic rings. The molecule has 5 rings (SSSR count). The smallest absolute Gasteiger partial charge is 0.273 e. The van der Waals surface area contributed by atoms with Crippen molar-refractivity contribution in [2.75, 3.05) is 21.3 Å². The number of nitrogens with one attached hydrogen (secondary N) is 1. The first-order chi connectivity index (χ1) is 19.4. The highest BCUT2D eigenvalue weighted by Gasteiger charge is 2.48. The maximum Gasteiger partial charge on any atom is 0.273 e. The lowest BCUT2D eigenvalue weighted by atomic mass is 9.94. The Balaban J connectivity index is 1.49. The molecule has 2 heterocycles. The van der Waals surface area contributed by atoms with Gasteiger partial charge in [-0.15, -0.1) is 0 Å². The molecule has 9 heteroatoms. The van der Waals surface area contributed by atoms with Crippen molar-refractivity contribution in [1.29, 1.82) is 0 Å². The molecule has 1 aliphatic heterocycles. The van der Waals surface area contributed by atoms with Crippen LogP contribution in [-0.2, 0) is 24.4 Å². The van der Waals surface area contributed by atoms with Crippen LogP contribution in [0.15, 0.2) is 78.9 Å². The number of fused-ring (bicyclic) bond motifs is 1. The minimum atomic E-state index is -1.22. The number of hydrogen-bond donors (Lipinski definition) is 1. The summed E-state index contributed by atoms with van der Waals surface area (Å²) in [6.07, 6.45) is 0.